The summed E-state index contributed by atoms with van der Waals surface area (Å²) in [5, 5.41) is 10.8. The van der Waals surface area contributed by atoms with Crippen molar-refractivity contribution in [1.29, 1.82) is 0 Å². The first-order valence-corrected chi connectivity index (χ1v) is 12.3. The number of hydrogen-bond acceptors (Lipinski definition) is 4. The van der Waals surface area contributed by atoms with E-state index in [9.17, 15) is 9.90 Å². The van der Waals surface area contributed by atoms with Crippen LogP contribution in [0.5, 0.6) is 5.75 Å². The average Bonchev–Trinajstić information content (AvgIpc) is 2.68. The number of ether oxygens (including phenoxy) is 1. The fourth-order valence-electron chi connectivity index (χ4n) is 9.04. The lowest BCUT2D eigenvalue weighted by atomic mass is 9.37. The van der Waals surface area contributed by atoms with Gasteiger partial charge in [0.05, 0.1) is 11.7 Å². The molecule has 0 bridgehead atoms. The molecule has 1 aliphatic heterocycles. The maximum absolute atomic E-state index is 12.8. The second-order valence-electron chi connectivity index (χ2n) is 12.6. The highest BCUT2D eigenvalue weighted by Gasteiger charge is 2.66. The Balaban J connectivity index is 1.58. The van der Waals surface area contributed by atoms with Gasteiger partial charge in [-0.25, -0.2) is 4.79 Å². The van der Waals surface area contributed by atoms with Crippen molar-refractivity contribution < 1.29 is 14.3 Å². The van der Waals surface area contributed by atoms with Crippen molar-refractivity contribution in [2.24, 2.45) is 34.0 Å². The molecule has 0 aromatic carbocycles. The summed E-state index contributed by atoms with van der Waals surface area (Å²) in [6, 6.07) is 0. The minimum atomic E-state index is -0.240. The molecule has 7 atom stereocenters. The summed E-state index contributed by atoms with van der Waals surface area (Å²) in [6.45, 7) is 15.7. The molecule has 0 amide bonds. The normalized spacial score (nSPS) is 45.5. The predicted molar refractivity (Wildman–Crippen MR) is 121 cm³/mol. The lowest BCUT2D eigenvalue weighted by Crippen LogP contribution is -2.66. The Kier molecular flexibility index (Phi) is 4.45. The van der Waals surface area contributed by atoms with Crippen molar-refractivity contribution in [2.75, 3.05) is 0 Å². The maximum atomic E-state index is 12.8. The molecule has 1 aromatic rings. The quantitative estimate of drug-likeness (QED) is 0.586. The van der Waals surface area contributed by atoms with E-state index >= 15 is 0 Å². The highest BCUT2D eigenvalue weighted by Crippen LogP contribution is 2.70. The van der Waals surface area contributed by atoms with Crippen LogP contribution in [-0.2, 0) is 6.42 Å². The molecule has 3 fully saturated rings. The van der Waals surface area contributed by atoms with Crippen LogP contribution in [0.4, 0.5) is 0 Å². The zero-order valence-corrected chi connectivity index (χ0v) is 20.4. The van der Waals surface area contributed by atoms with Gasteiger partial charge in [0, 0.05) is 11.5 Å². The number of aryl methyl sites for hydroxylation is 1. The van der Waals surface area contributed by atoms with Crippen molar-refractivity contribution in [3.05, 3.63) is 27.3 Å². The summed E-state index contributed by atoms with van der Waals surface area (Å²) in [7, 11) is 0. The minimum Gasteiger partial charge on any atom is -0.486 e. The van der Waals surface area contributed by atoms with Crippen LogP contribution in [0.3, 0.4) is 0 Å². The van der Waals surface area contributed by atoms with Gasteiger partial charge in [-0.2, -0.15) is 0 Å². The molecular formula is C27H40O4. The largest absolute Gasteiger partial charge is 0.486 e. The average molecular weight is 429 g/mol. The van der Waals surface area contributed by atoms with Gasteiger partial charge in [0.1, 0.15) is 17.1 Å². The molecule has 3 saturated carbocycles. The molecule has 4 heteroatoms. The first-order chi connectivity index (χ1) is 14.3. The van der Waals surface area contributed by atoms with Gasteiger partial charge >= 0.3 is 5.63 Å². The highest BCUT2D eigenvalue weighted by atomic mass is 16.5. The van der Waals surface area contributed by atoms with Crippen LogP contribution < -0.4 is 10.4 Å². The third kappa shape index (κ3) is 2.66. The third-order valence-corrected chi connectivity index (χ3v) is 10.9. The van der Waals surface area contributed by atoms with Crippen LogP contribution in [0.2, 0.25) is 0 Å². The van der Waals surface area contributed by atoms with Crippen molar-refractivity contribution in [1.82, 2.24) is 0 Å². The lowest BCUT2D eigenvalue weighted by Gasteiger charge is -2.69. The van der Waals surface area contributed by atoms with Gasteiger partial charge < -0.3 is 14.3 Å². The minimum absolute atomic E-state index is 0.0412. The van der Waals surface area contributed by atoms with E-state index in [4.69, 9.17) is 9.15 Å². The van der Waals surface area contributed by atoms with Crippen molar-refractivity contribution in [2.45, 2.75) is 105 Å². The third-order valence-electron chi connectivity index (χ3n) is 10.9. The number of aliphatic hydroxyl groups excluding tert-OH is 1. The van der Waals surface area contributed by atoms with Crippen LogP contribution in [0.15, 0.2) is 9.21 Å². The second kappa shape index (κ2) is 6.40. The number of hydrogen-bond donors (Lipinski definition) is 1. The van der Waals surface area contributed by atoms with E-state index in [2.05, 4.69) is 34.6 Å². The van der Waals surface area contributed by atoms with Gasteiger partial charge in [0.25, 0.3) is 0 Å². The van der Waals surface area contributed by atoms with Crippen LogP contribution in [0, 0.1) is 47.8 Å². The van der Waals surface area contributed by atoms with Crippen molar-refractivity contribution >= 4 is 0 Å². The Morgan fingerprint density at radius 2 is 1.48 bits per heavy atom. The molecule has 4 aliphatic rings. The molecule has 31 heavy (non-hydrogen) atoms. The smallest absolute Gasteiger partial charge is 0.342 e. The molecule has 172 valence electrons. The Bertz CT molecular complexity index is 976. The first-order valence-electron chi connectivity index (χ1n) is 12.3. The molecule has 4 nitrogen and oxygen atoms in total. The van der Waals surface area contributed by atoms with Gasteiger partial charge in [-0.15, -0.1) is 0 Å². The summed E-state index contributed by atoms with van der Waals surface area (Å²) >= 11 is 0. The summed E-state index contributed by atoms with van der Waals surface area (Å²) in [6.07, 6.45) is 7.04. The standard InChI is InChI=1S/C27H40O4/c1-15-16(2)30-23(29)17-14-20-26(6)11-8-18-24(3,4)21(28)10-12-25(18,5)19(26)9-13-27(20,7)31-22(15)17/h18-21,28H,8-14H2,1-7H3/t18-,19+,20-,21+,25-,26+,27-/m0/s1. The van der Waals surface area contributed by atoms with Crippen LogP contribution in [-0.4, -0.2) is 16.8 Å². The molecule has 0 radical (unpaired) electrons. The number of fused-ring (bicyclic) bond motifs is 6. The van der Waals surface area contributed by atoms with E-state index < -0.39 is 0 Å². The van der Waals surface area contributed by atoms with E-state index in [1.807, 2.05) is 13.8 Å². The topological polar surface area (TPSA) is 59.7 Å². The number of aliphatic hydroxyl groups is 1. The van der Waals surface area contributed by atoms with Gasteiger partial charge in [0.15, 0.2) is 0 Å². The zero-order chi connectivity index (χ0) is 22.6. The highest BCUT2D eigenvalue weighted by molar-refractivity contribution is 5.43. The fourth-order valence-corrected chi connectivity index (χ4v) is 9.04. The SMILES string of the molecule is Cc1oc(=O)c2c(c1C)O[C@@]1(C)CC[C@@H]3[C@@]4(C)CC[C@@H](O)C(C)(C)[C@@H]4CC[C@@]3(C)[C@@H]1C2. The monoisotopic (exact) mass is 428 g/mol. The van der Waals surface area contributed by atoms with Gasteiger partial charge in [0.2, 0.25) is 0 Å². The van der Waals surface area contributed by atoms with E-state index in [-0.39, 0.29) is 33.6 Å². The molecule has 0 unspecified atom stereocenters. The van der Waals surface area contributed by atoms with E-state index in [0.29, 0.717) is 23.5 Å². The molecular weight excluding hydrogens is 388 g/mol. The van der Waals surface area contributed by atoms with Crippen LogP contribution >= 0.6 is 0 Å². The molecule has 2 heterocycles. The maximum Gasteiger partial charge on any atom is 0.342 e. The molecule has 5 rings (SSSR count). The summed E-state index contributed by atoms with van der Waals surface area (Å²) in [5.41, 5.74) is 1.58. The molecule has 0 saturated heterocycles. The van der Waals surface area contributed by atoms with E-state index in [1.54, 1.807) is 0 Å². The fraction of sp³-hybridized carbons (Fsp3) is 0.815. The number of rotatable bonds is 0. The predicted octanol–water partition coefficient (Wildman–Crippen LogP) is 5.58. The molecule has 1 N–H and O–H groups in total. The van der Waals surface area contributed by atoms with Gasteiger partial charge in [-0.05, 0) is 93.8 Å². The second-order valence-corrected chi connectivity index (χ2v) is 12.6. The lowest BCUT2D eigenvalue weighted by molar-refractivity contribution is -0.223. The van der Waals surface area contributed by atoms with Crippen molar-refractivity contribution in [3.8, 4) is 5.75 Å². The van der Waals surface area contributed by atoms with Crippen LogP contribution in [0.1, 0.15) is 90.0 Å². The Morgan fingerprint density at radius 3 is 2.19 bits per heavy atom. The summed E-state index contributed by atoms with van der Waals surface area (Å²) in [5.74, 6) is 2.90. The van der Waals surface area contributed by atoms with Crippen molar-refractivity contribution in [3.63, 3.8) is 0 Å². The summed E-state index contributed by atoms with van der Waals surface area (Å²) in [4.78, 5) is 12.8. The Morgan fingerprint density at radius 1 is 0.871 bits per heavy atom. The molecule has 3 aliphatic carbocycles. The van der Waals surface area contributed by atoms with E-state index in [0.717, 1.165) is 61.8 Å². The Labute approximate surface area is 186 Å². The van der Waals surface area contributed by atoms with Gasteiger partial charge in [-0.1, -0.05) is 27.7 Å². The van der Waals surface area contributed by atoms with Gasteiger partial charge in [-0.3, -0.25) is 0 Å². The molecule has 1 aromatic heterocycles. The zero-order valence-electron chi connectivity index (χ0n) is 20.4. The van der Waals surface area contributed by atoms with E-state index in [1.165, 1.54) is 0 Å². The Hall–Kier alpha value is -1.29. The first kappa shape index (κ1) is 21.6. The van der Waals surface area contributed by atoms with Crippen LogP contribution in [0.25, 0.3) is 0 Å². The molecule has 0 spiro atoms. The summed E-state index contributed by atoms with van der Waals surface area (Å²) < 4.78 is 12.3.